The second-order valence-corrected chi connectivity index (χ2v) is 9.91. The normalized spacial score (nSPS) is 25.2. The van der Waals surface area contributed by atoms with Gasteiger partial charge in [0.25, 0.3) is 0 Å². The Balaban J connectivity index is 1.43. The molecule has 0 bridgehead atoms. The van der Waals surface area contributed by atoms with Crippen LogP contribution in [0.2, 0.25) is 0 Å². The average molecular weight is 472 g/mol. The Morgan fingerprint density at radius 2 is 2.00 bits per heavy atom. The number of aldehydes is 1. The molecule has 1 aliphatic heterocycles. The van der Waals surface area contributed by atoms with E-state index >= 15 is 0 Å². The summed E-state index contributed by atoms with van der Waals surface area (Å²) < 4.78 is 13.7. The Morgan fingerprint density at radius 3 is 2.71 bits per heavy atom. The van der Waals surface area contributed by atoms with Gasteiger partial charge in [-0.3, -0.25) is 9.80 Å². The summed E-state index contributed by atoms with van der Waals surface area (Å²) in [5.74, 6) is -1.14. The first-order valence-corrected chi connectivity index (χ1v) is 12.3. The van der Waals surface area contributed by atoms with E-state index in [1.54, 1.807) is 6.07 Å². The first kappa shape index (κ1) is 23.2. The van der Waals surface area contributed by atoms with Gasteiger partial charge in [0, 0.05) is 16.4 Å². The number of halogens is 1. The van der Waals surface area contributed by atoms with Crippen LogP contribution in [-0.2, 0) is 11.2 Å². The molecule has 2 N–H and O–H groups in total. The number of aryl methyl sites for hydroxylation is 1. The van der Waals surface area contributed by atoms with Crippen LogP contribution in [-0.4, -0.2) is 25.0 Å². The predicted octanol–water partition coefficient (Wildman–Crippen LogP) is 5.37. The van der Waals surface area contributed by atoms with Gasteiger partial charge in [0.15, 0.2) is 0 Å². The maximum atomic E-state index is 13.7. The first-order chi connectivity index (χ1) is 16.9. The smallest absolute Gasteiger partial charge is 0.249 e. The van der Waals surface area contributed by atoms with Gasteiger partial charge in [0.2, 0.25) is 5.91 Å². The van der Waals surface area contributed by atoms with Gasteiger partial charge in [-0.2, -0.15) is 5.10 Å². The minimum Gasteiger partial charge on any atom is -0.366 e. The zero-order chi connectivity index (χ0) is 24.6. The topological polar surface area (TPSA) is 75.8 Å². The SMILES string of the molecule is CCC12CC3=C(C=C1CC[C@@]2(C=O)CCc1ccc(F)cc1C(N)=O)CN(c1ccccc1)N=C3. The van der Waals surface area contributed by atoms with E-state index in [9.17, 15) is 14.0 Å². The molecule has 1 amide bonds. The number of nitrogens with zero attached hydrogens (tertiary/aromatic N) is 2. The van der Waals surface area contributed by atoms with Crippen molar-refractivity contribution in [3.63, 3.8) is 0 Å². The quantitative estimate of drug-likeness (QED) is 0.552. The molecule has 2 aromatic rings. The Morgan fingerprint density at radius 1 is 1.20 bits per heavy atom. The van der Waals surface area contributed by atoms with Gasteiger partial charge < -0.3 is 10.5 Å². The van der Waals surface area contributed by atoms with E-state index in [1.807, 2.05) is 29.4 Å². The standard InChI is InChI=1S/C29H30FN3O2/c1-2-29-16-22-17-32-33(25-6-4-3-5-7-25)18-21(22)14-23(29)11-13-28(29,19-34)12-10-20-8-9-24(30)15-26(20)27(31)35/h3-9,14-15,17,19H,2,10-13,16,18H2,1H3,(H2,31,35)/t28-,29?/m1/s1. The molecule has 0 radical (unpaired) electrons. The van der Waals surface area contributed by atoms with Crippen molar-refractivity contribution in [1.29, 1.82) is 0 Å². The molecule has 0 aromatic heterocycles. The van der Waals surface area contributed by atoms with E-state index < -0.39 is 17.1 Å². The van der Waals surface area contributed by atoms with Gasteiger partial charge >= 0.3 is 0 Å². The number of nitrogens with two attached hydrogens (primary N) is 1. The number of anilines is 1. The summed E-state index contributed by atoms with van der Waals surface area (Å²) in [6.07, 6.45) is 9.75. The molecule has 1 fully saturated rings. The molecule has 35 heavy (non-hydrogen) atoms. The molecule has 1 heterocycles. The van der Waals surface area contributed by atoms with Crippen LogP contribution in [0.25, 0.3) is 0 Å². The molecule has 3 aliphatic rings. The van der Waals surface area contributed by atoms with Crippen LogP contribution in [0.1, 0.15) is 54.9 Å². The fourth-order valence-electron chi connectivity index (χ4n) is 6.43. The number of benzene rings is 2. The van der Waals surface area contributed by atoms with E-state index in [0.29, 0.717) is 24.9 Å². The molecule has 0 saturated heterocycles. The van der Waals surface area contributed by atoms with Gasteiger partial charge in [-0.1, -0.05) is 42.8 Å². The maximum absolute atomic E-state index is 13.7. The highest BCUT2D eigenvalue weighted by molar-refractivity contribution is 5.94. The third-order valence-electron chi connectivity index (χ3n) is 8.40. The van der Waals surface area contributed by atoms with Crippen LogP contribution in [0.3, 0.4) is 0 Å². The molecule has 2 aromatic carbocycles. The number of carbonyl (C=O) groups excluding carboxylic acids is 2. The number of hydrogen-bond donors (Lipinski definition) is 1. The third kappa shape index (κ3) is 3.81. The number of allylic oxidation sites excluding steroid dienone is 2. The number of hydrazone groups is 1. The molecule has 2 aliphatic carbocycles. The van der Waals surface area contributed by atoms with Crippen molar-refractivity contribution in [2.24, 2.45) is 21.7 Å². The number of para-hydroxylation sites is 1. The lowest BCUT2D eigenvalue weighted by Gasteiger charge is -2.46. The van der Waals surface area contributed by atoms with Crippen LogP contribution in [0.15, 0.2) is 76.4 Å². The summed E-state index contributed by atoms with van der Waals surface area (Å²) in [6.45, 7) is 2.87. The summed E-state index contributed by atoms with van der Waals surface area (Å²) in [7, 11) is 0. The average Bonchev–Trinajstić information content (AvgIpc) is 3.20. The van der Waals surface area contributed by atoms with Gasteiger partial charge in [-0.25, -0.2) is 4.39 Å². The first-order valence-electron chi connectivity index (χ1n) is 12.3. The highest BCUT2D eigenvalue weighted by atomic mass is 19.1. The molecule has 2 atom stereocenters. The van der Waals surface area contributed by atoms with Crippen LogP contribution in [0.4, 0.5) is 10.1 Å². The molecular weight excluding hydrogens is 441 g/mol. The Kier molecular flexibility index (Phi) is 5.91. The highest BCUT2D eigenvalue weighted by Gasteiger charge is 2.57. The molecule has 1 unspecified atom stereocenters. The Hall–Kier alpha value is -3.54. The van der Waals surface area contributed by atoms with Crippen LogP contribution in [0.5, 0.6) is 0 Å². The Labute approximate surface area is 205 Å². The minimum atomic E-state index is -0.647. The maximum Gasteiger partial charge on any atom is 0.249 e. The number of carbonyl (C=O) groups is 2. The zero-order valence-corrected chi connectivity index (χ0v) is 20.0. The van der Waals surface area contributed by atoms with Crippen LogP contribution in [0, 0.1) is 16.6 Å². The van der Waals surface area contributed by atoms with E-state index in [4.69, 9.17) is 10.8 Å². The lowest BCUT2D eigenvalue weighted by molar-refractivity contribution is -0.122. The lowest BCUT2D eigenvalue weighted by atomic mass is 9.56. The van der Waals surface area contributed by atoms with E-state index in [0.717, 1.165) is 37.7 Å². The predicted molar refractivity (Wildman–Crippen MR) is 136 cm³/mol. The number of hydrogen-bond acceptors (Lipinski definition) is 4. The van der Waals surface area contributed by atoms with Crippen molar-refractivity contribution in [3.8, 4) is 0 Å². The number of amides is 1. The summed E-state index contributed by atoms with van der Waals surface area (Å²) in [5, 5.41) is 6.73. The third-order valence-corrected chi connectivity index (χ3v) is 8.40. The molecular formula is C29H30FN3O2. The summed E-state index contributed by atoms with van der Waals surface area (Å²) in [5.41, 5.74) is 10.4. The van der Waals surface area contributed by atoms with Crippen molar-refractivity contribution >= 4 is 24.1 Å². The largest absolute Gasteiger partial charge is 0.366 e. The van der Waals surface area contributed by atoms with Gasteiger partial charge in [-0.15, -0.1) is 0 Å². The molecule has 5 nitrogen and oxygen atoms in total. The van der Waals surface area contributed by atoms with E-state index in [1.165, 1.54) is 28.9 Å². The molecule has 5 rings (SSSR count). The van der Waals surface area contributed by atoms with Crippen molar-refractivity contribution in [1.82, 2.24) is 0 Å². The fraction of sp³-hybridized carbons (Fsp3) is 0.345. The number of rotatable bonds is 7. The van der Waals surface area contributed by atoms with Crippen molar-refractivity contribution < 1.29 is 14.0 Å². The molecule has 1 saturated carbocycles. The zero-order valence-electron chi connectivity index (χ0n) is 20.0. The summed E-state index contributed by atoms with van der Waals surface area (Å²) in [6, 6.07) is 14.3. The fourth-order valence-corrected chi connectivity index (χ4v) is 6.43. The monoisotopic (exact) mass is 471 g/mol. The van der Waals surface area contributed by atoms with Crippen LogP contribution >= 0.6 is 0 Å². The van der Waals surface area contributed by atoms with Crippen LogP contribution < -0.4 is 10.7 Å². The summed E-state index contributed by atoms with van der Waals surface area (Å²) >= 11 is 0. The number of primary amides is 1. The lowest BCUT2D eigenvalue weighted by Crippen LogP contribution is -2.43. The highest BCUT2D eigenvalue weighted by Crippen LogP contribution is 2.64. The number of fused-ring (bicyclic) bond motifs is 1. The molecule has 0 spiro atoms. The molecule has 6 heteroatoms. The van der Waals surface area contributed by atoms with Crippen molar-refractivity contribution in [3.05, 3.63) is 88.3 Å². The van der Waals surface area contributed by atoms with Gasteiger partial charge in [-0.05, 0) is 79.5 Å². The second kappa shape index (κ2) is 8.91. The minimum absolute atomic E-state index is 0.194. The van der Waals surface area contributed by atoms with Gasteiger partial charge in [0.05, 0.1) is 18.4 Å². The van der Waals surface area contributed by atoms with E-state index in [-0.39, 0.29) is 11.0 Å². The van der Waals surface area contributed by atoms with Crippen molar-refractivity contribution in [2.45, 2.75) is 45.4 Å². The molecule has 180 valence electrons. The van der Waals surface area contributed by atoms with Gasteiger partial charge in [0.1, 0.15) is 12.1 Å². The van der Waals surface area contributed by atoms with E-state index in [2.05, 4.69) is 25.1 Å². The second-order valence-electron chi connectivity index (χ2n) is 9.91. The Bertz CT molecular complexity index is 1270. The van der Waals surface area contributed by atoms with Crippen molar-refractivity contribution in [2.75, 3.05) is 11.6 Å². The summed E-state index contributed by atoms with van der Waals surface area (Å²) in [4.78, 5) is 24.7.